The number of alkyl halides is 3. The average Bonchev–Trinajstić information content (AvgIpc) is 1.98. The number of hydrogen-bond donors (Lipinski definition) is 1. The summed E-state index contributed by atoms with van der Waals surface area (Å²) in [5.41, 5.74) is 0. The minimum atomic E-state index is -4.18. The van der Waals surface area contributed by atoms with E-state index in [0.29, 0.717) is 11.5 Å². The molecule has 8 heteroatoms. The first-order valence-electron chi connectivity index (χ1n) is 4.24. The van der Waals surface area contributed by atoms with Crippen LogP contribution in [0.5, 0.6) is 0 Å². The molecule has 0 amide bonds. The Morgan fingerprint density at radius 2 is 1.87 bits per heavy atom. The van der Waals surface area contributed by atoms with Gasteiger partial charge >= 0.3 is 6.18 Å². The highest BCUT2D eigenvalue weighted by Crippen LogP contribution is 2.12. The van der Waals surface area contributed by atoms with Gasteiger partial charge in [-0.2, -0.15) is 24.9 Å². The number of sulfone groups is 1. The van der Waals surface area contributed by atoms with E-state index in [9.17, 15) is 21.6 Å². The molecule has 0 saturated carbocycles. The van der Waals surface area contributed by atoms with Crippen LogP contribution in [0.15, 0.2) is 0 Å². The summed E-state index contributed by atoms with van der Waals surface area (Å²) in [6.45, 7) is -0.770. The molecule has 0 aliphatic heterocycles. The van der Waals surface area contributed by atoms with Crippen molar-refractivity contribution < 1.29 is 21.6 Å². The second-order valence-corrected chi connectivity index (χ2v) is 6.52. The molecule has 0 aliphatic rings. The largest absolute Gasteiger partial charge is 0.401 e. The molecular formula is C7H14F3NO2S2. The van der Waals surface area contributed by atoms with Gasteiger partial charge in [0.25, 0.3) is 0 Å². The van der Waals surface area contributed by atoms with Gasteiger partial charge in [-0.05, 0) is 0 Å². The van der Waals surface area contributed by atoms with Crippen molar-refractivity contribution in [3.05, 3.63) is 0 Å². The standard InChI is InChI=1S/C7H14F3NO2S2/c1-15(12,13)5-4-14-3-2-11-6-7(8,9)10/h11H,2-6H2,1H3. The number of halogens is 3. The highest BCUT2D eigenvalue weighted by Gasteiger charge is 2.25. The average molecular weight is 265 g/mol. The normalized spacial score (nSPS) is 13.1. The lowest BCUT2D eigenvalue weighted by Crippen LogP contribution is -2.30. The van der Waals surface area contributed by atoms with E-state index in [-0.39, 0.29) is 12.3 Å². The van der Waals surface area contributed by atoms with Gasteiger partial charge in [0.1, 0.15) is 9.84 Å². The topological polar surface area (TPSA) is 46.2 Å². The third-order valence-electron chi connectivity index (χ3n) is 1.35. The fourth-order valence-electron chi connectivity index (χ4n) is 0.687. The fraction of sp³-hybridized carbons (Fsp3) is 1.00. The van der Waals surface area contributed by atoms with Crippen molar-refractivity contribution >= 4 is 21.6 Å². The van der Waals surface area contributed by atoms with Gasteiger partial charge in [-0.3, -0.25) is 0 Å². The predicted molar refractivity (Wildman–Crippen MR) is 56.0 cm³/mol. The molecule has 92 valence electrons. The molecule has 0 aromatic rings. The summed E-state index contributed by atoms with van der Waals surface area (Å²) >= 11 is 1.32. The van der Waals surface area contributed by atoms with Crippen LogP contribution >= 0.6 is 11.8 Å². The predicted octanol–water partition coefficient (Wildman–Crippen LogP) is 0.916. The maximum absolute atomic E-state index is 11.6. The van der Waals surface area contributed by atoms with Gasteiger partial charge < -0.3 is 5.32 Å². The molecule has 0 aromatic heterocycles. The van der Waals surface area contributed by atoms with Gasteiger partial charge in [-0.1, -0.05) is 0 Å². The van der Waals surface area contributed by atoms with Gasteiger partial charge in [0.15, 0.2) is 0 Å². The molecule has 0 heterocycles. The van der Waals surface area contributed by atoms with E-state index >= 15 is 0 Å². The second kappa shape index (κ2) is 6.59. The Morgan fingerprint density at radius 3 is 2.33 bits per heavy atom. The van der Waals surface area contributed by atoms with Crippen LogP contribution < -0.4 is 5.32 Å². The monoisotopic (exact) mass is 265 g/mol. The molecule has 3 nitrogen and oxygen atoms in total. The third kappa shape index (κ3) is 14.1. The van der Waals surface area contributed by atoms with Crippen molar-refractivity contribution in [1.82, 2.24) is 5.32 Å². The lowest BCUT2D eigenvalue weighted by Gasteiger charge is -2.07. The molecule has 0 rings (SSSR count). The van der Waals surface area contributed by atoms with Crippen LogP contribution in [0.3, 0.4) is 0 Å². The fourth-order valence-corrected chi connectivity index (χ4v) is 2.86. The van der Waals surface area contributed by atoms with E-state index in [1.165, 1.54) is 11.8 Å². The van der Waals surface area contributed by atoms with Crippen LogP contribution in [-0.4, -0.2) is 51.2 Å². The van der Waals surface area contributed by atoms with Gasteiger partial charge in [0.2, 0.25) is 0 Å². The zero-order valence-corrected chi connectivity index (χ0v) is 9.94. The molecule has 0 aromatic carbocycles. The minimum absolute atomic E-state index is 0.0664. The number of hydrogen-bond acceptors (Lipinski definition) is 4. The molecular weight excluding hydrogens is 251 g/mol. The molecule has 1 N–H and O–H groups in total. The Morgan fingerprint density at radius 1 is 1.27 bits per heavy atom. The zero-order chi connectivity index (χ0) is 11.9. The van der Waals surface area contributed by atoms with Gasteiger partial charge in [-0.25, -0.2) is 8.42 Å². The first kappa shape index (κ1) is 15.0. The lowest BCUT2D eigenvalue weighted by molar-refractivity contribution is -0.124. The molecule has 0 saturated heterocycles. The van der Waals surface area contributed by atoms with Crippen molar-refractivity contribution in [2.45, 2.75) is 6.18 Å². The smallest absolute Gasteiger partial charge is 0.308 e. The molecule has 0 unspecified atom stereocenters. The summed E-state index contributed by atoms with van der Waals surface area (Å²) < 4.78 is 56.3. The Balaban J connectivity index is 3.27. The van der Waals surface area contributed by atoms with Gasteiger partial charge in [0.05, 0.1) is 12.3 Å². The van der Waals surface area contributed by atoms with Crippen LogP contribution in [0.25, 0.3) is 0 Å². The number of thioether (sulfide) groups is 1. The molecule has 0 spiro atoms. The Hall–Kier alpha value is 0.0500. The third-order valence-corrected chi connectivity index (χ3v) is 3.54. The van der Waals surface area contributed by atoms with Crippen molar-refractivity contribution in [3.63, 3.8) is 0 Å². The van der Waals surface area contributed by atoms with E-state index in [1.54, 1.807) is 0 Å². The van der Waals surface area contributed by atoms with Crippen LogP contribution in [0.1, 0.15) is 0 Å². The highest BCUT2D eigenvalue weighted by molar-refractivity contribution is 8.00. The lowest BCUT2D eigenvalue weighted by atomic mass is 10.6. The first-order chi connectivity index (χ1) is 6.71. The summed E-state index contributed by atoms with van der Waals surface area (Å²) in [5.74, 6) is 0.967. The van der Waals surface area contributed by atoms with Crippen molar-refractivity contribution in [2.24, 2.45) is 0 Å². The van der Waals surface area contributed by atoms with E-state index in [0.717, 1.165) is 6.26 Å². The summed E-state index contributed by atoms with van der Waals surface area (Å²) in [6, 6.07) is 0. The highest BCUT2D eigenvalue weighted by atomic mass is 32.2. The first-order valence-corrected chi connectivity index (χ1v) is 7.45. The number of rotatable bonds is 7. The van der Waals surface area contributed by atoms with Crippen LogP contribution in [-0.2, 0) is 9.84 Å². The SMILES string of the molecule is CS(=O)(=O)CCSCCNCC(F)(F)F. The Kier molecular flexibility index (Phi) is 6.62. The van der Waals surface area contributed by atoms with E-state index in [1.807, 2.05) is 0 Å². The quantitative estimate of drug-likeness (QED) is 0.695. The van der Waals surface area contributed by atoms with Crippen LogP contribution in [0.2, 0.25) is 0 Å². The van der Waals surface area contributed by atoms with Crippen LogP contribution in [0.4, 0.5) is 13.2 Å². The van der Waals surface area contributed by atoms with E-state index in [4.69, 9.17) is 0 Å². The second-order valence-electron chi connectivity index (χ2n) is 3.03. The summed E-state index contributed by atoms with van der Waals surface area (Å²) in [6.07, 6.45) is -3.05. The zero-order valence-electron chi connectivity index (χ0n) is 8.30. The van der Waals surface area contributed by atoms with Crippen molar-refractivity contribution in [3.8, 4) is 0 Å². The van der Waals surface area contributed by atoms with E-state index in [2.05, 4.69) is 5.32 Å². The summed E-state index contributed by atoms with van der Waals surface area (Å²) in [4.78, 5) is 0. The van der Waals surface area contributed by atoms with Gasteiger partial charge in [-0.15, -0.1) is 0 Å². The maximum Gasteiger partial charge on any atom is 0.401 e. The molecule has 0 radical (unpaired) electrons. The molecule has 0 bridgehead atoms. The maximum atomic E-state index is 11.6. The van der Waals surface area contributed by atoms with Crippen molar-refractivity contribution in [1.29, 1.82) is 0 Å². The molecule has 15 heavy (non-hydrogen) atoms. The van der Waals surface area contributed by atoms with Crippen LogP contribution in [0, 0.1) is 0 Å². The molecule has 0 atom stereocenters. The minimum Gasteiger partial charge on any atom is -0.308 e. The Bertz CT molecular complexity index is 264. The number of nitrogens with one attached hydrogen (secondary N) is 1. The Labute approximate surface area is 91.7 Å². The van der Waals surface area contributed by atoms with E-state index < -0.39 is 22.6 Å². The summed E-state index contributed by atoms with van der Waals surface area (Å²) in [5, 5.41) is 2.23. The molecule has 0 fully saturated rings. The summed E-state index contributed by atoms with van der Waals surface area (Å²) in [7, 11) is -2.96. The van der Waals surface area contributed by atoms with Gasteiger partial charge in [0, 0.05) is 24.3 Å². The molecule has 0 aliphatic carbocycles. The van der Waals surface area contributed by atoms with Crippen molar-refractivity contribution in [2.75, 3.05) is 36.6 Å².